The maximum absolute atomic E-state index is 5.80. The number of nitrogens with two attached hydrogens (primary N) is 1. The molecule has 2 aliphatic rings. The molecular weight excluding hydrogens is 250 g/mol. The lowest BCUT2D eigenvalue weighted by atomic mass is 10.2. The molecule has 0 atom stereocenters. The van der Waals surface area contributed by atoms with Crippen molar-refractivity contribution in [2.24, 2.45) is 5.73 Å². The van der Waals surface area contributed by atoms with Crippen LogP contribution in [0.2, 0.25) is 0 Å². The van der Waals surface area contributed by atoms with Crippen LogP contribution in [0.1, 0.15) is 42.8 Å². The van der Waals surface area contributed by atoms with Crippen molar-refractivity contribution in [2.45, 2.75) is 51.7 Å². The fourth-order valence-corrected chi connectivity index (χ4v) is 3.64. The summed E-state index contributed by atoms with van der Waals surface area (Å²) in [6.07, 6.45) is 5.69. The minimum Gasteiger partial charge on any atom is -0.465 e. The molecule has 1 aliphatic carbocycles. The Hall–Kier alpha value is -0.840. The maximum Gasteiger partial charge on any atom is 0.118 e. The van der Waals surface area contributed by atoms with Crippen molar-refractivity contribution in [3.63, 3.8) is 0 Å². The van der Waals surface area contributed by atoms with E-state index in [4.69, 9.17) is 10.2 Å². The Morgan fingerprint density at radius 2 is 1.90 bits per heavy atom. The number of nitrogens with zero attached hydrogens (tertiary/aromatic N) is 2. The van der Waals surface area contributed by atoms with Crippen molar-refractivity contribution in [3.8, 4) is 0 Å². The number of furan rings is 1. The van der Waals surface area contributed by atoms with Crippen LogP contribution in [0.5, 0.6) is 0 Å². The van der Waals surface area contributed by atoms with E-state index in [9.17, 15) is 0 Å². The summed E-state index contributed by atoms with van der Waals surface area (Å²) in [5.74, 6) is 2.05. The van der Waals surface area contributed by atoms with Crippen LogP contribution in [0, 0.1) is 6.92 Å². The van der Waals surface area contributed by atoms with Crippen LogP contribution in [-0.4, -0.2) is 42.0 Å². The summed E-state index contributed by atoms with van der Waals surface area (Å²) in [7, 11) is 0. The van der Waals surface area contributed by atoms with Crippen LogP contribution in [0.25, 0.3) is 0 Å². The second kappa shape index (κ2) is 6.29. The van der Waals surface area contributed by atoms with E-state index in [1.807, 2.05) is 6.92 Å². The standard InChI is InChI=1S/C16H27N3O/c1-13-14(11-17)10-16(20-13)12-18-6-8-19(9-7-18)15-4-2-3-5-15/h10,15H,2-9,11-12,17H2,1H3. The largest absolute Gasteiger partial charge is 0.465 e. The molecule has 1 aliphatic heterocycles. The predicted octanol–water partition coefficient (Wildman–Crippen LogP) is 2.11. The summed E-state index contributed by atoms with van der Waals surface area (Å²) in [6.45, 7) is 8.26. The van der Waals surface area contributed by atoms with Gasteiger partial charge in [-0.15, -0.1) is 0 Å². The molecule has 0 spiro atoms. The third kappa shape index (κ3) is 3.08. The Labute approximate surface area is 121 Å². The molecule has 4 nitrogen and oxygen atoms in total. The Kier molecular flexibility index (Phi) is 4.44. The minimum atomic E-state index is 0.574. The van der Waals surface area contributed by atoms with E-state index in [1.54, 1.807) is 0 Å². The molecule has 2 fully saturated rings. The molecule has 1 saturated carbocycles. The van der Waals surface area contributed by atoms with Gasteiger partial charge >= 0.3 is 0 Å². The highest BCUT2D eigenvalue weighted by Crippen LogP contribution is 2.25. The quantitative estimate of drug-likeness (QED) is 0.915. The van der Waals surface area contributed by atoms with Crippen molar-refractivity contribution >= 4 is 0 Å². The van der Waals surface area contributed by atoms with Gasteiger partial charge in [-0.25, -0.2) is 0 Å². The van der Waals surface area contributed by atoms with Gasteiger partial charge in [-0.3, -0.25) is 9.80 Å². The number of rotatable bonds is 4. The average Bonchev–Trinajstić information content (AvgIpc) is 3.09. The first-order valence-corrected chi connectivity index (χ1v) is 8.01. The topological polar surface area (TPSA) is 45.6 Å². The summed E-state index contributed by atoms with van der Waals surface area (Å²) in [4.78, 5) is 5.20. The van der Waals surface area contributed by atoms with Crippen molar-refractivity contribution in [2.75, 3.05) is 26.2 Å². The molecule has 1 aromatic rings. The highest BCUT2D eigenvalue weighted by atomic mass is 16.3. The molecule has 4 heteroatoms. The lowest BCUT2D eigenvalue weighted by Crippen LogP contribution is -2.49. The van der Waals surface area contributed by atoms with E-state index in [0.29, 0.717) is 6.54 Å². The van der Waals surface area contributed by atoms with Crippen LogP contribution in [-0.2, 0) is 13.1 Å². The Morgan fingerprint density at radius 1 is 1.20 bits per heavy atom. The van der Waals surface area contributed by atoms with E-state index in [1.165, 1.54) is 38.8 Å². The first-order chi connectivity index (χ1) is 9.76. The van der Waals surface area contributed by atoms with Gasteiger partial charge in [-0.1, -0.05) is 12.8 Å². The molecule has 2 heterocycles. The van der Waals surface area contributed by atoms with E-state index in [-0.39, 0.29) is 0 Å². The maximum atomic E-state index is 5.80. The first kappa shape index (κ1) is 14.1. The van der Waals surface area contributed by atoms with Gasteiger partial charge in [0.05, 0.1) is 6.54 Å². The molecule has 112 valence electrons. The number of piperazine rings is 1. The van der Waals surface area contributed by atoms with E-state index < -0.39 is 0 Å². The summed E-state index contributed by atoms with van der Waals surface area (Å²) < 4.78 is 5.80. The van der Waals surface area contributed by atoms with Crippen molar-refractivity contribution in [1.29, 1.82) is 0 Å². The van der Waals surface area contributed by atoms with Crippen LogP contribution in [0.3, 0.4) is 0 Å². The summed E-state index contributed by atoms with van der Waals surface area (Å²) >= 11 is 0. The van der Waals surface area contributed by atoms with E-state index >= 15 is 0 Å². The number of hydrogen-bond acceptors (Lipinski definition) is 4. The van der Waals surface area contributed by atoms with Gasteiger partial charge in [0.15, 0.2) is 0 Å². The molecule has 1 aromatic heterocycles. The predicted molar refractivity (Wildman–Crippen MR) is 80.4 cm³/mol. The fraction of sp³-hybridized carbons (Fsp3) is 0.750. The van der Waals surface area contributed by atoms with Gasteiger partial charge in [-0.2, -0.15) is 0 Å². The van der Waals surface area contributed by atoms with Crippen molar-refractivity contribution in [1.82, 2.24) is 9.80 Å². The molecule has 0 bridgehead atoms. The molecule has 0 aromatic carbocycles. The Morgan fingerprint density at radius 3 is 2.50 bits per heavy atom. The van der Waals surface area contributed by atoms with E-state index in [2.05, 4.69) is 15.9 Å². The molecule has 20 heavy (non-hydrogen) atoms. The zero-order chi connectivity index (χ0) is 13.9. The SMILES string of the molecule is Cc1oc(CN2CCN(C3CCCC3)CC2)cc1CN. The summed E-state index contributed by atoms with van der Waals surface area (Å²) in [5.41, 5.74) is 6.85. The zero-order valence-corrected chi connectivity index (χ0v) is 12.6. The minimum absolute atomic E-state index is 0.574. The van der Waals surface area contributed by atoms with Crippen molar-refractivity contribution < 1.29 is 4.42 Å². The molecule has 2 N–H and O–H groups in total. The summed E-state index contributed by atoms with van der Waals surface area (Å²) in [6, 6.07) is 2.99. The van der Waals surface area contributed by atoms with Gasteiger partial charge in [0.25, 0.3) is 0 Å². The molecule has 1 saturated heterocycles. The second-order valence-corrected chi connectivity index (χ2v) is 6.25. The Balaban J connectivity index is 1.50. The fourth-order valence-electron chi connectivity index (χ4n) is 3.64. The average molecular weight is 277 g/mol. The van der Waals surface area contributed by atoms with Gasteiger partial charge < -0.3 is 10.2 Å². The van der Waals surface area contributed by atoms with Gasteiger partial charge in [0.2, 0.25) is 0 Å². The third-order valence-electron chi connectivity index (χ3n) is 4.92. The summed E-state index contributed by atoms with van der Waals surface area (Å²) in [5, 5.41) is 0. The monoisotopic (exact) mass is 277 g/mol. The highest BCUT2D eigenvalue weighted by molar-refractivity contribution is 5.20. The van der Waals surface area contributed by atoms with Crippen molar-refractivity contribution in [3.05, 3.63) is 23.2 Å². The lowest BCUT2D eigenvalue weighted by Gasteiger charge is -2.37. The molecular formula is C16H27N3O. The molecule has 0 unspecified atom stereocenters. The number of hydrogen-bond donors (Lipinski definition) is 1. The van der Waals surface area contributed by atoms with Crippen LogP contribution in [0.4, 0.5) is 0 Å². The van der Waals surface area contributed by atoms with Gasteiger partial charge in [0.1, 0.15) is 11.5 Å². The smallest absolute Gasteiger partial charge is 0.118 e. The molecule has 0 amide bonds. The van der Waals surface area contributed by atoms with Gasteiger partial charge in [0, 0.05) is 44.3 Å². The normalized spacial score (nSPS) is 22.7. The molecule has 0 radical (unpaired) electrons. The Bertz CT molecular complexity index is 429. The van der Waals surface area contributed by atoms with Crippen LogP contribution in [0.15, 0.2) is 10.5 Å². The zero-order valence-electron chi connectivity index (χ0n) is 12.6. The van der Waals surface area contributed by atoms with Crippen LogP contribution >= 0.6 is 0 Å². The first-order valence-electron chi connectivity index (χ1n) is 8.01. The van der Waals surface area contributed by atoms with Gasteiger partial charge in [-0.05, 0) is 25.8 Å². The highest BCUT2D eigenvalue weighted by Gasteiger charge is 2.26. The second-order valence-electron chi connectivity index (χ2n) is 6.25. The number of aryl methyl sites for hydroxylation is 1. The molecule has 3 rings (SSSR count). The third-order valence-corrected chi connectivity index (χ3v) is 4.92. The van der Waals surface area contributed by atoms with E-state index in [0.717, 1.165) is 42.8 Å². The lowest BCUT2D eigenvalue weighted by molar-refractivity contribution is 0.0893. The van der Waals surface area contributed by atoms with Crippen LogP contribution < -0.4 is 5.73 Å².